The van der Waals surface area contributed by atoms with E-state index in [-0.39, 0.29) is 0 Å². The van der Waals surface area contributed by atoms with Gasteiger partial charge in [0.05, 0.1) is 0 Å². The highest BCUT2D eigenvalue weighted by atomic mass is 16.3. The van der Waals surface area contributed by atoms with Gasteiger partial charge in [0.25, 0.3) is 0 Å². The van der Waals surface area contributed by atoms with Crippen molar-refractivity contribution in [1.29, 1.82) is 0 Å². The van der Waals surface area contributed by atoms with Gasteiger partial charge in [-0.25, -0.2) is 0 Å². The van der Waals surface area contributed by atoms with Crippen molar-refractivity contribution in [2.24, 2.45) is 5.92 Å². The van der Waals surface area contributed by atoms with Gasteiger partial charge in [-0.05, 0) is 55.6 Å². The first kappa shape index (κ1) is 10.9. The lowest BCUT2D eigenvalue weighted by Gasteiger charge is -2.28. The largest absolute Gasteiger partial charge is 0.508 e. The lowest BCUT2D eigenvalue weighted by atomic mass is 9.81. The van der Waals surface area contributed by atoms with E-state index in [4.69, 9.17) is 0 Å². The Morgan fingerprint density at radius 3 is 2.82 bits per heavy atom. The Morgan fingerprint density at radius 1 is 1.29 bits per heavy atom. The molecule has 3 heteroatoms. The van der Waals surface area contributed by atoms with E-state index in [1.807, 2.05) is 12.1 Å². The van der Waals surface area contributed by atoms with Crippen molar-refractivity contribution in [3.8, 4) is 5.75 Å². The van der Waals surface area contributed by atoms with Crippen molar-refractivity contribution in [1.82, 2.24) is 5.32 Å². The molecule has 1 fully saturated rings. The average Bonchev–Trinajstić information content (AvgIpc) is 2.67. The van der Waals surface area contributed by atoms with Crippen molar-refractivity contribution in [3.05, 3.63) is 23.8 Å². The minimum atomic E-state index is 0.401. The molecule has 3 rings (SSSR count). The number of hydrogen-bond donors (Lipinski definition) is 2. The Bertz CT molecular complexity index is 413. The SMILES string of the molecule is CN1CC(C2CCNCC2)c2cc(O)ccc21. The molecule has 0 aliphatic carbocycles. The van der Waals surface area contributed by atoms with Gasteiger partial charge in [-0.2, -0.15) is 0 Å². The molecule has 1 aromatic rings. The van der Waals surface area contributed by atoms with E-state index in [1.54, 1.807) is 6.07 Å². The maximum Gasteiger partial charge on any atom is 0.116 e. The number of phenolic OH excluding ortho intramolecular Hbond substituents is 1. The number of phenols is 1. The minimum absolute atomic E-state index is 0.401. The summed E-state index contributed by atoms with van der Waals surface area (Å²) in [4.78, 5) is 2.32. The van der Waals surface area contributed by atoms with E-state index in [2.05, 4.69) is 17.3 Å². The minimum Gasteiger partial charge on any atom is -0.508 e. The maximum absolute atomic E-state index is 9.67. The summed E-state index contributed by atoms with van der Waals surface area (Å²) >= 11 is 0. The lowest BCUT2D eigenvalue weighted by Crippen LogP contribution is -2.32. The molecule has 0 bridgehead atoms. The Balaban J connectivity index is 1.91. The second kappa shape index (κ2) is 4.22. The highest BCUT2D eigenvalue weighted by Gasteiger charge is 2.33. The molecular weight excluding hydrogens is 212 g/mol. The zero-order valence-electron chi connectivity index (χ0n) is 10.3. The van der Waals surface area contributed by atoms with E-state index < -0.39 is 0 Å². The molecule has 0 radical (unpaired) electrons. The molecule has 1 atom stereocenters. The van der Waals surface area contributed by atoms with Gasteiger partial charge in [0.15, 0.2) is 0 Å². The summed E-state index contributed by atoms with van der Waals surface area (Å²) in [6.07, 6.45) is 2.52. The van der Waals surface area contributed by atoms with Gasteiger partial charge in [-0.15, -0.1) is 0 Å². The number of nitrogens with one attached hydrogen (secondary N) is 1. The third-order valence-corrected chi connectivity index (χ3v) is 4.25. The Kier molecular flexibility index (Phi) is 2.71. The summed E-state index contributed by atoms with van der Waals surface area (Å²) in [5, 5.41) is 13.1. The number of piperidine rings is 1. The molecule has 1 aromatic carbocycles. The molecule has 3 nitrogen and oxygen atoms in total. The lowest BCUT2D eigenvalue weighted by molar-refractivity contribution is 0.326. The molecule has 1 unspecified atom stereocenters. The molecule has 0 amide bonds. The van der Waals surface area contributed by atoms with Crippen LogP contribution < -0.4 is 10.2 Å². The van der Waals surface area contributed by atoms with Crippen LogP contribution in [0.1, 0.15) is 24.3 Å². The zero-order chi connectivity index (χ0) is 11.8. The van der Waals surface area contributed by atoms with Crippen LogP contribution in [-0.2, 0) is 0 Å². The van der Waals surface area contributed by atoms with Crippen molar-refractivity contribution in [2.75, 3.05) is 31.6 Å². The quantitative estimate of drug-likeness (QED) is 0.776. The van der Waals surface area contributed by atoms with Crippen LogP contribution in [0.4, 0.5) is 5.69 Å². The van der Waals surface area contributed by atoms with E-state index in [9.17, 15) is 5.11 Å². The number of fused-ring (bicyclic) bond motifs is 1. The van der Waals surface area contributed by atoms with Crippen LogP contribution in [0.25, 0.3) is 0 Å². The molecule has 0 saturated carbocycles. The summed E-state index contributed by atoms with van der Waals surface area (Å²) in [6.45, 7) is 3.38. The molecular formula is C14H20N2O. The maximum atomic E-state index is 9.67. The molecule has 17 heavy (non-hydrogen) atoms. The monoisotopic (exact) mass is 232 g/mol. The summed E-state index contributed by atoms with van der Waals surface area (Å²) in [5.41, 5.74) is 2.64. The molecule has 0 spiro atoms. The van der Waals surface area contributed by atoms with Crippen LogP contribution in [0.2, 0.25) is 0 Å². The van der Waals surface area contributed by atoms with Gasteiger partial charge in [0.2, 0.25) is 0 Å². The Hall–Kier alpha value is -1.22. The fourth-order valence-corrected chi connectivity index (χ4v) is 3.33. The number of rotatable bonds is 1. The van der Waals surface area contributed by atoms with Gasteiger partial charge < -0.3 is 15.3 Å². The number of benzene rings is 1. The van der Waals surface area contributed by atoms with Crippen LogP contribution in [0.3, 0.4) is 0 Å². The normalized spacial score (nSPS) is 25.0. The summed E-state index contributed by atoms with van der Waals surface area (Å²) < 4.78 is 0. The number of likely N-dealkylation sites (N-methyl/N-ethyl adjacent to an activating group) is 1. The number of nitrogens with zero attached hydrogens (tertiary/aromatic N) is 1. The molecule has 92 valence electrons. The van der Waals surface area contributed by atoms with Gasteiger partial charge in [-0.1, -0.05) is 0 Å². The highest BCUT2D eigenvalue weighted by molar-refractivity contribution is 5.61. The second-order valence-corrected chi connectivity index (χ2v) is 5.32. The summed E-state index contributed by atoms with van der Waals surface area (Å²) in [5.74, 6) is 1.77. The van der Waals surface area contributed by atoms with E-state index >= 15 is 0 Å². The van der Waals surface area contributed by atoms with Gasteiger partial charge in [0, 0.05) is 25.2 Å². The van der Waals surface area contributed by atoms with Crippen molar-refractivity contribution >= 4 is 5.69 Å². The number of anilines is 1. The van der Waals surface area contributed by atoms with Crippen LogP contribution in [0.15, 0.2) is 18.2 Å². The molecule has 2 heterocycles. The first-order valence-electron chi connectivity index (χ1n) is 6.50. The third-order valence-electron chi connectivity index (χ3n) is 4.25. The zero-order valence-corrected chi connectivity index (χ0v) is 10.3. The van der Waals surface area contributed by atoms with Crippen LogP contribution >= 0.6 is 0 Å². The van der Waals surface area contributed by atoms with Gasteiger partial charge in [-0.3, -0.25) is 0 Å². The first-order valence-corrected chi connectivity index (χ1v) is 6.50. The second-order valence-electron chi connectivity index (χ2n) is 5.32. The smallest absolute Gasteiger partial charge is 0.116 e. The summed E-state index contributed by atoms with van der Waals surface area (Å²) in [7, 11) is 2.15. The Labute approximate surface area is 102 Å². The predicted molar refractivity (Wildman–Crippen MR) is 69.7 cm³/mol. The van der Waals surface area contributed by atoms with Crippen LogP contribution in [0, 0.1) is 5.92 Å². The van der Waals surface area contributed by atoms with E-state index in [0.717, 1.165) is 25.6 Å². The van der Waals surface area contributed by atoms with Crippen LogP contribution in [-0.4, -0.2) is 31.8 Å². The topological polar surface area (TPSA) is 35.5 Å². The molecule has 2 N–H and O–H groups in total. The molecule has 1 saturated heterocycles. The highest BCUT2D eigenvalue weighted by Crippen LogP contribution is 2.43. The fraction of sp³-hybridized carbons (Fsp3) is 0.571. The fourth-order valence-electron chi connectivity index (χ4n) is 3.33. The van der Waals surface area contributed by atoms with Crippen molar-refractivity contribution in [3.63, 3.8) is 0 Å². The standard InChI is InChI=1S/C14H20N2O/c1-16-9-13(10-4-6-15-7-5-10)12-8-11(17)2-3-14(12)16/h2-3,8,10,13,15,17H,4-7,9H2,1H3. The van der Waals surface area contributed by atoms with Gasteiger partial charge in [0.1, 0.15) is 5.75 Å². The van der Waals surface area contributed by atoms with Gasteiger partial charge >= 0.3 is 0 Å². The molecule has 2 aliphatic rings. The van der Waals surface area contributed by atoms with Crippen molar-refractivity contribution in [2.45, 2.75) is 18.8 Å². The Morgan fingerprint density at radius 2 is 2.06 bits per heavy atom. The number of aromatic hydroxyl groups is 1. The molecule has 0 aromatic heterocycles. The number of hydrogen-bond acceptors (Lipinski definition) is 3. The van der Waals surface area contributed by atoms with E-state index in [0.29, 0.717) is 11.7 Å². The average molecular weight is 232 g/mol. The third kappa shape index (κ3) is 1.89. The van der Waals surface area contributed by atoms with Crippen LogP contribution in [0.5, 0.6) is 5.75 Å². The predicted octanol–water partition coefficient (Wildman–Crippen LogP) is 1.93. The first-order chi connectivity index (χ1) is 8.25. The van der Waals surface area contributed by atoms with E-state index in [1.165, 1.54) is 24.1 Å². The summed E-state index contributed by atoms with van der Waals surface area (Å²) in [6, 6.07) is 5.80. The molecule has 2 aliphatic heterocycles. The van der Waals surface area contributed by atoms with Crippen molar-refractivity contribution < 1.29 is 5.11 Å².